The molecule has 0 saturated carbocycles. The minimum Gasteiger partial charge on any atom is -0.372 e. The first kappa shape index (κ1) is 11.9. The van der Waals surface area contributed by atoms with E-state index in [9.17, 15) is 0 Å². The molecule has 0 aromatic carbocycles. The molecule has 1 saturated heterocycles. The fraction of sp³-hybridized carbons (Fsp3) is 1.00. The van der Waals surface area contributed by atoms with Crippen LogP contribution in [0.25, 0.3) is 0 Å². The first-order valence-corrected chi connectivity index (χ1v) is 5.37. The van der Waals surface area contributed by atoms with Crippen LogP contribution in [-0.4, -0.2) is 58.5 Å². The van der Waals surface area contributed by atoms with Gasteiger partial charge in [0.25, 0.3) is 0 Å². The number of hydrogen-bond acceptors (Lipinski definition) is 5. The molecule has 0 aliphatic carbocycles. The maximum absolute atomic E-state index is 5.34. The van der Waals surface area contributed by atoms with Gasteiger partial charge < -0.3 is 26.4 Å². The molecule has 1 unspecified atom stereocenters. The summed E-state index contributed by atoms with van der Waals surface area (Å²) >= 11 is 0. The van der Waals surface area contributed by atoms with Gasteiger partial charge in [-0.2, -0.15) is 0 Å². The summed E-state index contributed by atoms with van der Waals surface area (Å²) < 4.78 is 5.08. The van der Waals surface area contributed by atoms with E-state index >= 15 is 0 Å². The van der Waals surface area contributed by atoms with Gasteiger partial charge in [-0.1, -0.05) is 0 Å². The van der Waals surface area contributed by atoms with Crippen molar-refractivity contribution in [2.75, 3.05) is 52.4 Å². The van der Waals surface area contributed by atoms with Gasteiger partial charge in [0.05, 0.1) is 12.7 Å². The van der Waals surface area contributed by atoms with Gasteiger partial charge in [0, 0.05) is 45.8 Å². The lowest BCUT2D eigenvalue weighted by Crippen LogP contribution is -2.35. The lowest BCUT2D eigenvalue weighted by molar-refractivity contribution is 0.396. The van der Waals surface area contributed by atoms with Crippen molar-refractivity contribution in [3.05, 3.63) is 0 Å². The van der Waals surface area contributed by atoms with E-state index in [2.05, 4.69) is 16.0 Å². The van der Waals surface area contributed by atoms with Crippen LogP contribution in [0, 0.1) is 0 Å². The number of nitrogens with two attached hydrogens (primary N) is 1. The van der Waals surface area contributed by atoms with Crippen molar-refractivity contribution in [3.8, 4) is 0 Å². The standard InChI is InChI=1S/C9H22N4O/c10-1-2-11-3-4-12-5-6-13-7-9-8-14-9/h9,11-13H,1-8,10H2. The maximum Gasteiger partial charge on any atom is 0.0933 e. The van der Waals surface area contributed by atoms with Gasteiger partial charge in [0.1, 0.15) is 0 Å². The molecule has 5 heteroatoms. The van der Waals surface area contributed by atoms with Gasteiger partial charge in [-0.05, 0) is 0 Å². The van der Waals surface area contributed by atoms with Crippen molar-refractivity contribution in [1.29, 1.82) is 0 Å². The van der Waals surface area contributed by atoms with Gasteiger partial charge >= 0.3 is 0 Å². The van der Waals surface area contributed by atoms with E-state index in [1.807, 2.05) is 0 Å². The van der Waals surface area contributed by atoms with Crippen LogP contribution in [0.4, 0.5) is 0 Å². The number of hydrogen-bond donors (Lipinski definition) is 4. The largest absolute Gasteiger partial charge is 0.372 e. The summed E-state index contributed by atoms with van der Waals surface area (Å²) in [5.41, 5.74) is 5.34. The highest BCUT2D eigenvalue weighted by Gasteiger charge is 2.20. The first-order valence-electron chi connectivity index (χ1n) is 5.37. The highest BCUT2D eigenvalue weighted by Crippen LogP contribution is 2.05. The lowest BCUT2D eigenvalue weighted by Gasteiger charge is -2.06. The molecule has 1 fully saturated rings. The molecule has 0 aromatic rings. The zero-order valence-electron chi connectivity index (χ0n) is 8.72. The molecule has 1 aliphatic heterocycles. The molecular weight excluding hydrogens is 180 g/mol. The molecule has 0 bridgehead atoms. The first-order chi connectivity index (χ1) is 6.93. The highest BCUT2D eigenvalue weighted by atomic mass is 16.6. The van der Waals surface area contributed by atoms with Crippen LogP contribution in [0.1, 0.15) is 0 Å². The summed E-state index contributed by atoms with van der Waals surface area (Å²) in [7, 11) is 0. The number of rotatable bonds is 10. The molecule has 0 aromatic heterocycles. The van der Waals surface area contributed by atoms with Crippen LogP contribution >= 0.6 is 0 Å². The second-order valence-electron chi connectivity index (χ2n) is 3.45. The number of nitrogens with one attached hydrogen (secondary N) is 3. The predicted molar refractivity (Wildman–Crippen MR) is 57.4 cm³/mol. The summed E-state index contributed by atoms with van der Waals surface area (Å²) in [6.07, 6.45) is 0.487. The van der Waals surface area contributed by atoms with Gasteiger partial charge in [0.15, 0.2) is 0 Å². The van der Waals surface area contributed by atoms with E-state index in [0.717, 1.165) is 45.9 Å². The van der Waals surface area contributed by atoms with Crippen LogP contribution in [0.15, 0.2) is 0 Å². The summed E-state index contributed by atoms with van der Waals surface area (Å²) in [5.74, 6) is 0. The van der Waals surface area contributed by atoms with Crippen molar-refractivity contribution in [3.63, 3.8) is 0 Å². The summed E-state index contributed by atoms with van der Waals surface area (Å²) in [6, 6.07) is 0. The third-order valence-corrected chi connectivity index (χ3v) is 2.05. The summed E-state index contributed by atoms with van der Waals surface area (Å²) in [4.78, 5) is 0. The summed E-state index contributed by atoms with van der Waals surface area (Å²) in [5, 5.41) is 9.88. The SMILES string of the molecule is NCCNCCNCCNCC1CO1. The average molecular weight is 202 g/mol. The van der Waals surface area contributed by atoms with Crippen molar-refractivity contribution in [1.82, 2.24) is 16.0 Å². The van der Waals surface area contributed by atoms with E-state index in [1.54, 1.807) is 0 Å². The van der Waals surface area contributed by atoms with E-state index in [4.69, 9.17) is 10.5 Å². The molecule has 0 amide bonds. The third kappa shape index (κ3) is 7.23. The van der Waals surface area contributed by atoms with Gasteiger partial charge in [-0.3, -0.25) is 0 Å². The third-order valence-electron chi connectivity index (χ3n) is 2.05. The molecule has 1 aliphatic rings. The van der Waals surface area contributed by atoms with Crippen LogP contribution in [0.3, 0.4) is 0 Å². The quantitative estimate of drug-likeness (QED) is 0.246. The minimum atomic E-state index is 0.487. The normalized spacial score (nSPS) is 19.9. The van der Waals surface area contributed by atoms with Crippen molar-refractivity contribution < 1.29 is 4.74 Å². The predicted octanol–water partition coefficient (Wildman–Crippen LogP) is -1.89. The zero-order valence-corrected chi connectivity index (χ0v) is 8.72. The Morgan fingerprint density at radius 2 is 1.57 bits per heavy atom. The molecular formula is C9H22N4O. The van der Waals surface area contributed by atoms with Crippen molar-refractivity contribution in [2.45, 2.75) is 6.10 Å². The van der Waals surface area contributed by atoms with Crippen LogP contribution < -0.4 is 21.7 Å². The Hall–Kier alpha value is -0.200. The second kappa shape index (κ2) is 8.14. The van der Waals surface area contributed by atoms with Crippen molar-refractivity contribution in [2.24, 2.45) is 5.73 Å². The lowest BCUT2D eigenvalue weighted by atomic mass is 10.4. The smallest absolute Gasteiger partial charge is 0.0933 e. The molecule has 1 rings (SSSR count). The summed E-state index contributed by atoms with van der Waals surface area (Å²) in [6.45, 7) is 7.55. The highest BCUT2D eigenvalue weighted by molar-refractivity contribution is 4.71. The van der Waals surface area contributed by atoms with E-state index in [0.29, 0.717) is 12.6 Å². The number of epoxide rings is 1. The molecule has 0 radical (unpaired) electrons. The Morgan fingerprint density at radius 3 is 2.14 bits per heavy atom. The van der Waals surface area contributed by atoms with Crippen LogP contribution in [-0.2, 0) is 4.74 Å². The fourth-order valence-electron chi connectivity index (χ4n) is 1.15. The Labute approximate surface area is 85.8 Å². The topological polar surface area (TPSA) is 74.6 Å². The maximum atomic E-state index is 5.34. The van der Waals surface area contributed by atoms with Gasteiger partial charge in [0.2, 0.25) is 0 Å². The molecule has 5 N–H and O–H groups in total. The Morgan fingerprint density at radius 1 is 1.00 bits per heavy atom. The Balaban J connectivity index is 1.63. The molecule has 1 atom stereocenters. The molecule has 84 valence electrons. The Bertz CT molecular complexity index is 130. The zero-order chi connectivity index (χ0) is 10.1. The second-order valence-corrected chi connectivity index (χ2v) is 3.45. The molecule has 1 heterocycles. The van der Waals surface area contributed by atoms with Crippen LogP contribution in [0.5, 0.6) is 0 Å². The molecule has 14 heavy (non-hydrogen) atoms. The minimum absolute atomic E-state index is 0.487. The van der Waals surface area contributed by atoms with E-state index < -0.39 is 0 Å². The van der Waals surface area contributed by atoms with E-state index in [1.165, 1.54) is 0 Å². The van der Waals surface area contributed by atoms with Crippen LogP contribution in [0.2, 0.25) is 0 Å². The monoisotopic (exact) mass is 202 g/mol. The molecule has 0 spiro atoms. The number of ether oxygens (including phenoxy) is 1. The van der Waals surface area contributed by atoms with Gasteiger partial charge in [-0.15, -0.1) is 0 Å². The van der Waals surface area contributed by atoms with E-state index in [-0.39, 0.29) is 0 Å². The van der Waals surface area contributed by atoms with Crippen molar-refractivity contribution >= 4 is 0 Å². The fourth-order valence-corrected chi connectivity index (χ4v) is 1.15. The average Bonchev–Trinajstić information content (AvgIpc) is 2.99. The van der Waals surface area contributed by atoms with Gasteiger partial charge in [-0.25, -0.2) is 0 Å². The Kier molecular flexibility index (Phi) is 6.90. The molecule has 5 nitrogen and oxygen atoms in total.